The quantitative estimate of drug-likeness (QED) is 0.655. The van der Waals surface area contributed by atoms with Crippen molar-refractivity contribution in [3.05, 3.63) is 34.9 Å². The highest BCUT2D eigenvalue weighted by Crippen LogP contribution is 2.66. The van der Waals surface area contributed by atoms with Gasteiger partial charge in [0.15, 0.2) is 11.5 Å². The lowest BCUT2D eigenvalue weighted by Crippen LogP contribution is -2.78. The number of hydrogen-bond donors (Lipinski definition) is 2. The van der Waals surface area contributed by atoms with Gasteiger partial charge < -0.3 is 19.8 Å². The minimum atomic E-state index is -0.892. The zero-order chi connectivity index (χ0) is 23.2. The second-order valence-corrected chi connectivity index (χ2v) is 11.7. The summed E-state index contributed by atoms with van der Waals surface area (Å²) in [6, 6.07) is 3.81. The number of phenolic OH excluding ortho intramolecular Hbond substituents is 1. The van der Waals surface area contributed by atoms with Crippen molar-refractivity contribution in [2.24, 2.45) is 5.92 Å². The Morgan fingerprint density at radius 2 is 2.06 bits per heavy atom. The summed E-state index contributed by atoms with van der Waals surface area (Å²) < 4.78 is 6.65. The van der Waals surface area contributed by atoms with Crippen LogP contribution in [0.25, 0.3) is 0 Å². The number of aliphatic hydroxyl groups is 1. The van der Waals surface area contributed by atoms with E-state index in [0.717, 1.165) is 75.2 Å². The molecule has 2 saturated heterocycles. The van der Waals surface area contributed by atoms with Crippen LogP contribution in [0.1, 0.15) is 69.4 Å². The Morgan fingerprint density at radius 1 is 1.21 bits per heavy atom. The molecule has 1 aromatic carbocycles. The average molecular weight is 465 g/mol. The molecule has 182 valence electrons. The molecule has 3 heterocycles. The van der Waals surface area contributed by atoms with Crippen molar-refractivity contribution in [1.29, 1.82) is 0 Å². The molecule has 0 radical (unpaired) electrons. The van der Waals surface area contributed by atoms with Gasteiger partial charge in [0, 0.05) is 30.3 Å². The van der Waals surface area contributed by atoms with E-state index in [-0.39, 0.29) is 29.8 Å². The molecule has 6 heteroatoms. The van der Waals surface area contributed by atoms with Crippen LogP contribution in [0.5, 0.6) is 11.5 Å². The highest BCUT2D eigenvalue weighted by molar-refractivity contribution is 5.96. The highest BCUT2D eigenvalue weighted by Gasteiger charge is 2.73. The van der Waals surface area contributed by atoms with E-state index in [1.807, 2.05) is 11.0 Å². The fourth-order valence-electron chi connectivity index (χ4n) is 8.23. The van der Waals surface area contributed by atoms with Gasteiger partial charge in [-0.05, 0) is 75.5 Å². The number of carbonyl (C=O) groups excluding carboxylic acids is 1. The zero-order valence-corrected chi connectivity index (χ0v) is 20.1. The van der Waals surface area contributed by atoms with Crippen LogP contribution in [0.3, 0.4) is 0 Å². The van der Waals surface area contributed by atoms with E-state index in [1.54, 1.807) is 6.07 Å². The number of unbranched alkanes of at least 4 members (excludes halogenated alkanes) is 1. The second-order valence-electron chi connectivity index (χ2n) is 11.7. The first-order valence-electron chi connectivity index (χ1n) is 13.5. The number of carbonyl (C=O) groups is 1. The van der Waals surface area contributed by atoms with Crippen LogP contribution < -0.4 is 4.74 Å². The minimum Gasteiger partial charge on any atom is -0.504 e. The van der Waals surface area contributed by atoms with Crippen LogP contribution in [0.4, 0.5) is 0 Å². The molecule has 3 aliphatic heterocycles. The maximum Gasteiger partial charge on any atom is 0.249 e. The number of benzene rings is 1. The third kappa shape index (κ3) is 2.62. The van der Waals surface area contributed by atoms with Gasteiger partial charge in [0.1, 0.15) is 6.10 Å². The van der Waals surface area contributed by atoms with Crippen molar-refractivity contribution in [3.8, 4) is 11.5 Å². The van der Waals surface area contributed by atoms with Crippen molar-refractivity contribution in [3.63, 3.8) is 0 Å². The van der Waals surface area contributed by atoms with E-state index in [0.29, 0.717) is 12.2 Å². The summed E-state index contributed by atoms with van der Waals surface area (Å²) in [5, 5.41) is 23.4. The van der Waals surface area contributed by atoms with Crippen LogP contribution in [0.2, 0.25) is 0 Å². The molecular formula is C28H36N2O4. The van der Waals surface area contributed by atoms with Crippen LogP contribution in [0, 0.1) is 5.92 Å². The van der Waals surface area contributed by atoms with E-state index in [1.165, 1.54) is 18.4 Å². The van der Waals surface area contributed by atoms with Gasteiger partial charge in [-0.1, -0.05) is 25.5 Å². The number of aromatic hydroxyl groups is 1. The lowest BCUT2D eigenvalue weighted by atomic mass is 9.48. The highest BCUT2D eigenvalue weighted by atomic mass is 16.5. The summed E-state index contributed by atoms with van der Waals surface area (Å²) >= 11 is 0. The molecule has 4 fully saturated rings. The standard InChI is InChI=1S/C28H36N2O4/c1-2-3-4-18-10-13-30(26(18)32)20-9-11-28(33)22-15-19-7-8-21(31)24-23(19)27(28,25(20)34-24)12-14-29(22)16-17-5-6-17/h4,7-8,17,20,22,25,31,33H,2-3,5-6,9-16H2,1H3/b18-4+/t20-,22+,25+,27+,28-/m1/s1. The van der Waals surface area contributed by atoms with Crippen molar-refractivity contribution < 1.29 is 19.7 Å². The molecule has 0 unspecified atom stereocenters. The number of phenols is 1. The molecule has 1 spiro atoms. The van der Waals surface area contributed by atoms with Crippen molar-refractivity contribution in [2.45, 2.75) is 93.9 Å². The number of allylic oxidation sites excluding steroid dienone is 1. The lowest BCUT2D eigenvalue weighted by Gasteiger charge is -2.64. The Kier molecular flexibility index (Phi) is 4.52. The van der Waals surface area contributed by atoms with Crippen molar-refractivity contribution >= 4 is 5.91 Å². The number of likely N-dealkylation sites (tertiary alicyclic amines) is 2. The maximum absolute atomic E-state index is 13.4. The van der Waals surface area contributed by atoms with E-state index >= 15 is 0 Å². The van der Waals surface area contributed by atoms with Crippen molar-refractivity contribution in [1.82, 2.24) is 9.80 Å². The van der Waals surface area contributed by atoms with E-state index in [2.05, 4.69) is 17.9 Å². The van der Waals surface area contributed by atoms with E-state index in [4.69, 9.17) is 4.74 Å². The molecule has 34 heavy (non-hydrogen) atoms. The Balaban J connectivity index is 1.31. The molecule has 7 rings (SSSR count). The van der Waals surface area contributed by atoms with Gasteiger partial charge in [-0.3, -0.25) is 9.69 Å². The summed E-state index contributed by atoms with van der Waals surface area (Å²) in [6.07, 6.45) is 10.2. The van der Waals surface area contributed by atoms with Gasteiger partial charge in [-0.2, -0.15) is 0 Å². The Morgan fingerprint density at radius 3 is 2.85 bits per heavy atom. The molecule has 2 saturated carbocycles. The third-order valence-corrected chi connectivity index (χ3v) is 9.97. The fraction of sp³-hybridized carbons (Fsp3) is 0.679. The molecule has 1 amide bonds. The van der Waals surface area contributed by atoms with Gasteiger partial charge >= 0.3 is 0 Å². The Bertz CT molecular complexity index is 1080. The normalized spacial score (nSPS) is 39.5. The van der Waals surface area contributed by atoms with E-state index < -0.39 is 11.0 Å². The van der Waals surface area contributed by atoms with Gasteiger partial charge in [0.2, 0.25) is 5.91 Å². The van der Waals surface area contributed by atoms with Gasteiger partial charge in [-0.15, -0.1) is 0 Å². The monoisotopic (exact) mass is 464 g/mol. The maximum atomic E-state index is 13.4. The summed E-state index contributed by atoms with van der Waals surface area (Å²) in [7, 11) is 0. The summed E-state index contributed by atoms with van der Waals surface area (Å²) in [5.41, 5.74) is 1.73. The fourth-order valence-corrected chi connectivity index (χ4v) is 8.23. The van der Waals surface area contributed by atoms with Crippen molar-refractivity contribution in [2.75, 3.05) is 19.6 Å². The molecule has 2 N–H and O–H groups in total. The first-order chi connectivity index (χ1) is 16.5. The molecular weight excluding hydrogens is 428 g/mol. The van der Waals surface area contributed by atoms with Gasteiger partial charge in [0.05, 0.1) is 17.1 Å². The van der Waals surface area contributed by atoms with Crippen LogP contribution in [-0.2, 0) is 16.6 Å². The van der Waals surface area contributed by atoms with E-state index in [9.17, 15) is 15.0 Å². The number of amides is 1. The number of rotatable bonds is 5. The number of hydrogen-bond acceptors (Lipinski definition) is 5. The van der Waals surface area contributed by atoms with Crippen LogP contribution >= 0.6 is 0 Å². The lowest BCUT2D eigenvalue weighted by molar-refractivity contribution is -0.200. The minimum absolute atomic E-state index is 0.0752. The first-order valence-corrected chi connectivity index (χ1v) is 13.5. The summed E-state index contributed by atoms with van der Waals surface area (Å²) in [6.45, 7) is 4.88. The molecule has 6 aliphatic rings. The molecule has 0 aromatic heterocycles. The number of ether oxygens (including phenoxy) is 1. The zero-order valence-electron chi connectivity index (χ0n) is 20.1. The van der Waals surface area contributed by atoms with Gasteiger partial charge in [-0.25, -0.2) is 0 Å². The molecule has 6 nitrogen and oxygen atoms in total. The Hall–Kier alpha value is -2.05. The third-order valence-electron chi connectivity index (χ3n) is 9.97. The molecule has 1 aromatic rings. The predicted octanol–water partition coefficient (Wildman–Crippen LogP) is 3.28. The Labute approximate surface area is 201 Å². The van der Waals surface area contributed by atoms with Crippen LogP contribution in [0.15, 0.2) is 23.8 Å². The summed E-state index contributed by atoms with van der Waals surface area (Å²) in [4.78, 5) is 18.0. The first kappa shape index (κ1) is 21.3. The SMILES string of the molecule is CCC/C=C1\CCN([C@@H]2CC[C@@]3(O)[C@@H]4Cc5ccc(O)c6c5[C@@]3(CCN4CC3CC3)[C@H]2O6)C1=O. The second kappa shape index (κ2) is 7.23. The van der Waals surface area contributed by atoms with Crippen LogP contribution in [-0.4, -0.2) is 69.3 Å². The number of nitrogens with zero attached hydrogens (tertiary/aromatic N) is 2. The molecule has 5 atom stereocenters. The topological polar surface area (TPSA) is 73.2 Å². The predicted molar refractivity (Wildman–Crippen MR) is 128 cm³/mol. The summed E-state index contributed by atoms with van der Waals surface area (Å²) in [5.74, 6) is 1.65. The molecule has 2 bridgehead atoms. The largest absolute Gasteiger partial charge is 0.504 e. The number of piperidine rings is 1. The molecule has 3 aliphatic carbocycles. The van der Waals surface area contributed by atoms with Gasteiger partial charge in [0.25, 0.3) is 0 Å². The average Bonchev–Trinajstić information content (AvgIpc) is 3.46. The smallest absolute Gasteiger partial charge is 0.249 e.